The van der Waals surface area contributed by atoms with Crippen molar-refractivity contribution < 1.29 is 41.0 Å². The van der Waals surface area contributed by atoms with E-state index in [9.17, 15) is 36.2 Å². The fourth-order valence-corrected chi connectivity index (χ4v) is 5.22. The second-order valence-corrected chi connectivity index (χ2v) is 9.77. The standard InChI is InChI=1S/C28H25F6N5O3/c1-15-24(16-3-5-18(42-2)6-4-16)36-26-20(13-35-39(26)25(15)28(32,33)34)27(41)38-9-7-37(8-10-38)22(14-40)19-11-17(29)12-21(30)23(19)31/h3-6,11-13,22,40H,7-10,14H2,1-2H3/t22-/m1/s1. The number of amides is 1. The van der Waals surface area contributed by atoms with E-state index in [1.54, 1.807) is 29.2 Å². The Morgan fingerprint density at radius 3 is 2.33 bits per heavy atom. The number of hydrogen-bond acceptors (Lipinski definition) is 6. The first-order chi connectivity index (χ1) is 19.9. The highest BCUT2D eigenvalue weighted by molar-refractivity contribution is 6.00. The zero-order valence-electron chi connectivity index (χ0n) is 22.4. The molecule has 1 aliphatic rings. The van der Waals surface area contributed by atoms with Gasteiger partial charge in [-0.25, -0.2) is 22.7 Å². The van der Waals surface area contributed by atoms with Crippen LogP contribution >= 0.6 is 0 Å². The average molecular weight is 594 g/mol. The van der Waals surface area contributed by atoms with Gasteiger partial charge in [0.1, 0.15) is 17.1 Å². The largest absolute Gasteiger partial charge is 0.497 e. The molecule has 1 N–H and O–H groups in total. The Balaban J connectivity index is 1.45. The molecule has 1 amide bonds. The smallest absolute Gasteiger partial charge is 0.433 e. The van der Waals surface area contributed by atoms with Crippen molar-refractivity contribution in [2.75, 3.05) is 39.9 Å². The van der Waals surface area contributed by atoms with Gasteiger partial charge in [0.05, 0.1) is 31.6 Å². The summed E-state index contributed by atoms with van der Waals surface area (Å²) >= 11 is 0. The van der Waals surface area contributed by atoms with E-state index in [0.717, 1.165) is 12.3 Å². The second kappa shape index (κ2) is 11.2. The van der Waals surface area contributed by atoms with Crippen molar-refractivity contribution in [2.45, 2.75) is 19.1 Å². The number of nitrogens with zero attached hydrogens (tertiary/aromatic N) is 5. The maximum Gasteiger partial charge on any atom is 0.433 e. The van der Waals surface area contributed by atoms with Crippen LogP contribution in [0.15, 0.2) is 42.6 Å². The maximum absolute atomic E-state index is 14.4. The topological polar surface area (TPSA) is 83.2 Å². The Bertz CT molecular complexity index is 1630. The van der Waals surface area contributed by atoms with Crippen LogP contribution < -0.4 is 4.74 Å². The van der Waals surface area contributed by atoms with E-state index >= 15 is 0 Å². The monoisotopic (exact) mass is 593 g/mol. The van der Waals surface area contributed by atoms with Gasteiger partial charge < -0.3 is 14.7 Å². The second-order valence-electron chi connectivity index (χ2n) is 9.77. The Morgan fingerprint density at radius 2 is 1.74 bits per heavy atom. The van der Waals surface area contributed by atoms with Crippen molar-refractivity contribution in [3.05, 3.63) is 82.4 Å². The van der Waals surface area contributed by atoms with Crippen LogP contribution in [0.25, 0.3) is 16.9 Å². The maximum atomic E-state index is 14.4. The summed E-state index contributed by atoms with van der Waals surface area (Å²) in [5.74, 6) is -3.80. The zero-order valence-corrected chi connectivity index (χ0v) is 22.4. The number of fused-ring (bicyclic) bond motifs is 1. The highest BCUT2D eigenvalue weighted by atomic mass is 19.4. The van der Waals surface area contributed by atoms with E-state index in [2.05, 4.69) is 10.1 Å². The van der Waals surface area contributed by atoms with Gasteiger partial charge in [0.25, 0.3) is 5.91 Å². The fourth-order valence-electron chi connectivity index (χ4n) is 5.22. The number of hydrogen-bond donors (Lipinski definition) is 1. The van der Waals surface area contributed by atoms with E-state index in [4.69, 9.17) is 4.74 Å². The van der Waals surface area contributed by atoms with Crippen LogP contribution in [0.5, 0.6) is 5.75 Å². The molecule has 0 bridgehead atoms. The van der Waals surface area contributed by atoms with E-state index in [1.165, 1.54) is 18.9 Å². The molecule has 0 aliphatic carbocycles. The van der Waals surface area contributed by atoms with Gasteiger partial charge in [0.2, 0.25) is 0 Å². The first-order valence-corrected chi connectivity index (χ1v) is 12.8. The predicted molar refractivity (Wildman–Crippen MR) is 138 cm³/mol. The summed E-state index contributed by atoms with van der Waals surface area (Å²) in [5, 5.41) is 13.7. The molecular formula is C28H25F6N5O3. The third kappa shape index (κ3) is 5.27. The quantitative estimate of drug-likeness (QED) is 0.259. The molecule has 4 aromatic rings. The lowest BCUT2D eigenvalue weighted by molar-refractivity contribution is -0.143. The van der Waals surface area contributed by atoms with Crippen LogP contribution in [-0.2, 0) is 6.18 Å². The minimum atomic E-state index is -4.81. The normalized spacial score (nSPS) is 15.3. The van der Waals surface area contributed by atoms with Gasteiger partial charge in [0, 0.05) is 48.9 Å². The lowest BCUT2D eigenvalue weighted by Crippen LogP contribution is -2.50. The third-order valence-electron chi connectivity index (χ3n) is 7.34. The molecule has 1 fully saturated rings. The molecule has 8 nitrogen and oxygen atoms in total. The summed E-state index contributed by atoms with van der Waals surface area (Å²) in [7, 11) is 1.46. The van der Waals surface area contributed by atoms with Crippen molar-refractivity contribution in [1.82, 2.24) is 24.4 Å². The first-order valence-electron chi connectivity index (χ1n) is 12.8. The number of carbonyl (C=O) groups excluding carboxylic acids is 1. The van der Waals surface area contributed by atoms with Crippen molar-refractivity contribution in [3.8, 4) is 17.0 Å². The van der Waals surface area contributed by atoms with Crippen molar-refractivity contribution in [2.24, 2.45) is 0 Å². The zero-order chi connectivity index (χ0) is 30.3. The molecule has 2 aromatic heterocycles. The predicted octanol–water partition coefficient (Wildman–Crippen LogP) is 4.64. The first kappa shape index (κ1) is 29.3. The molecule has 0 spiro atoms. The molecule has 1 atom stereocenters. The van der Waals surface area contributed by atoms with Crippen LogP contribution in [0, 0.1) is 24.4 Å². The summed E-state index contributed by atoms with van der Waals surface area (Å²) in [6.45, 7) is 0.892. The molecule has 0 unspecified atom stereocenters. The Labute approximate surface area is 235 Å². The average Bonchev–Trinajstić information content (AvgIpc) is 3.38. The minimum Gasteiger partial charge on any atom is -0.497 e. The molecular weight excluding hydrogens is 568 g/mol. The van der Waals surface area contributed by atoms with Crippen molar-refractivity contribution in [1.29, 1.82) is 0 Å². The van der Waals surface area contributed by atoms with Crippen LogP contribution in [0.2, 0.25) is 0 Å². The number of aliphatic hydroxyl groups excluding tert-OH is 1. The van der Waals surface area contributed by atoms with Gasteiger partial charge in [-0.05, 0) is 37.3 Å². The molecule has 1 saturated heterocycles. The SMILES string of the molecule is COc1ccc(-c2nc3c(C(=O)N4CCN([C@H](CO)c5cc(F)cc(F)c5F)CC4)cnn3c(C(F)(F)F)c2C)cc1. The summed E-state index contributed by atoms with van der Waals surface area (Å²) in [4.78, 5) is 20.9. The molecule has 3 heterocycles. The number of ether oxygens (including phenoxy) is 1. The molecule has 5 rings (SSSR count). The Hall–Kier alpha value is -4.17. The van der Waals surface area contributed by atoms with Crippen LogP contribution in [0.3, 0.4) is 0 Å². The number of aromatic nitrogens is 3. The van der Waals surface area contributed by atoms with Crippen molar-refractivity contribution in [3.63, 3.8) is 0 Å². The Morgan fingerprint density at radius 1 is 1.07 bits per heavy atom. The van der Waals surface area contributed by atoms with Gasteiger partial charge in [0.15, 0.2) is 23.0 Å². The van der Waals surface area contributed by atoms with E-state index in [-0.39, 0.29) is 54.2 Å². The summed E-state index contributed by atoms with van der Waals surface area (Å²) in [6, 6.07) is 6.43. The number of methoxy groups -OCH3 is 1. The molecule has 2 aromatic carbocycles. The third-order valence-corrected chi connectivity index (χ3v) is 7.34. The molecule has 42 heavy (non-hydrogen) atoms. The van der Waals surface area contributed by atoms with E-state index in [1.807, 2.05) is 0 Å². The number of halogens is 6. The van der Waals surface area contributed by atoms with E-state index < -0.39 is 47.9 Å². The number of benzene rings is 2. The lowest BCUT2D eigenvalue weighted by atomic mass is 10.0. The van der Waals surface area contributed by atoms with Gasteiger partial charge in [-0.2, -0.15) is 18.3 Å². The van der Waals surface area contributed by atoms with Crippen LogP contribution in [-0.4, -0.2) is 75.3 Å². The number of piperazine rings is 1. The highest BCUT2D eigenvalue weighted by Crippen LogP contribution is 2.37. The summed E-state index contributed by atoms with van der Waals surface area (Å²) in [6.07, 6.45) is -3.78. The Kier molecular flexibility index (Phi) is 7.86. The molecule has 222 valence electrons. The lowest BCUT2D eigenvalue weighted by Gasteiger charge is -2.38. The highest BCUT2D eigenvalue weighted by Gasteiger charge is 2.39. The van der Waals surface area contributed by atoms with Gasteiger partial charge in [-0.15, -0.1) is 0 Å². The molecule has 0 saturated carbocycles. The van der Waals surface area contributed by atoms with Crippen LogP contribution in [0.4, 0.5) is 26.3 Å². The number of alkyl halides is 3. The molecule has 1 aliphatic heterocycles. The van der Waals surface area contributed by atoms with Crippen LogP contribution in [0.1, 0.15) is 33.2 Å². The summed E-state index contributed by atoms with van der Waals surface area (Å²) < 4.78 is 90.4. The van der Waals surface area contributed by atoms with Gasteiger partial charge in [-0.1, -0.05) is 0 Å². The summed E-state index contributed by atoms with van der Waals surface area (Å²) in [5.41, 5.74) is -1.64. The van der Waals surface area contributed by atoms with Gasteiger partial charge >= 0.3 is 6.18 Å². The number of aliphatic hydroxyl groups is 1. The fraction of sp³-hybridized carbons (Fsp3) is 0.321. The molecule has 14 heteroatoms. The van der Waals surface area contributed by atoms with Gasteiger partial charge in [-0.3, -0.25) is 9.69 Å². The number of carbonyl (C=O) groups is 1. The van der Waals surface area contributed by atoms with E-state index in [0.29, 0.717) is 21.9 Å². The minimum absolute atomic E-state index is 0.0204. The van der Waals surface area contributed by atoms with Crippen molar-refractivity contribution >= 4 is 11.6 Å². The number of rotatable bonds is 6. The molecule has 0 radical (unpaired) electrons.